The van der Waals surface area contributed by atoms with Crippen LogP contribution in [-0.2, 0) is 16.0 Å². The first-order valence-electron chi connectivity index (χ1n) is 10.5. The minimum absolute atomic E-state index is 0.0844. The molecule has 0 spiro atoms. The summed E-state index contributed by atoms with van der Waals surface area (Å²) in [7, 11) is 3.50. The van der Waals surface area contributed by atoms with Crippen LogP contribution in [0.5, 0.6) is 0 Å². The first-order valence-corrected chi connectivity index (χ1v) is 10.5. The number of carbonyl (C=O) groups excluding carboxylic acids is 1. The van der Waals surface area contributed by atoms with Crippen LogP contribution in [-0.4, -0.2) is 81.8 Å². The molecule has 1 amide bonds. The molecular formula is C22H36N4O3. The lowest BCUT2D eigenvalue weighted by molar-refractivity contribution is 0.0536. The monoisotopic (exact) mass is 404 g/mol. The highest BCUT2D eigenvalue weighted by atomic mass is 16.5. The summed E-state index contributed by atoms with van der Waals surface area (Å²) in [5.74, 6) is 1.52. The van der Waals surface area contributed by atoms with Crippen LogP contribution in [0.3, 0.4) is 0 Å². The Morgan fingerprint density at radius 2 is 1.97 bits per heavy atom. The van der Waals surface area contributed by atoms with E-state index in [0.29, 0.717) is 25.7 Å². The largest absolute Gasteiger partial charge is 0.382 e. The van der Waals surface area contributed by atoms with Gasteiger partial charge in [-0.2, -0.15) is 0 Å². The fourth-order valence-corrected chi connectivity index (χ4v) is 3.53. The minimum atomic E-state index is 0.0844. The molecule has 1 aliphatic heterocycles. The van der Waals surface area contributed by atoms with Crippen molar-refractivity contribution in [2.24, 2.45) is 10.9 Å². The Hall–Kier alpha value is -2.12. The van der Waals surface area contributed by atoms with Crippen LogP contribution in [0.4, 0.5) is 0 Å². The molecule has 1 unspecified atom stereocenters. The van der Waals surface area contributed by atoms with E-state index in [2.05, 4.69) is 15.2 Å². The molecule has 1 N–H and O–H groups in total. The van der Waals surface area contributed by atoms with E-state index in [-0.39, 0.29) is 5.91 Å². The highest BCUT2D eigenvalue weighted by molar-refractivity contribution is 5.94. The molecule has 0 aliphatic carbocycles. The van der Waals surface area contributed by atoms with Crippen molar-refractivity contribution in [3.05, 3.63) is 35.4 Å². The Kier molecular flexibility index (Phi) is 9.94. The molecule has 7 nitrogen and oxygen atoms in total. The third-order valence-electron chi connectivity index (χ3n) is 5.28. The van der Waals surface area contributed by atoms with Crippen molar-refractivity contribution in [2.45, 2.75) is 26.8 Å². The summed E-state index contributed by atoms with van der Waals surface area (Å²) in [6, 6.07) is 7.83. The molecule has 0 aromatic heterocycles. The summed E-state index contributed by atoms with van der Waals surface area (Å²) in [6.45, 7) is 10.1. The van der Waals surface area contributed by atoms with Crippen molar-refractivity contribution in [3.8, 4) is 0 Å². The first kappa shape index (κ1) is 23.2. The van der Waals surface area contributed by atoms with Gasteiger partial charge in [-0.1, -0.05) is 12.1 Å². The molecule has 29 heavy (non-hydrogen) atoms. The molecule has 1 atom stereocenters. The molecule has 1 saturated heterocycles. The number of methoxy groups -OCH3 is 1. The number of rotatable bonds is 10. The van der Waals surface area contributed by atoms with E-state index < -0.39 is 0 Å². The van der Waals surface area contributed by atoms with Gasteiger partial charge in [0, 0.05) is 58.4 Å². The normalized spacial score (nSPS) is 16.9. The number of nitrogens with zero attached hydrogens (tertiary/aromatic N) is 3. The van der Waals surface area contributed by atoms with Crippen LogP contribution in [0.15, 0.2) is 29.3 Å². The third kappa shape index (κ3) is 7.01. The number of benzene rings is 1. The van der Waals surface area contributed by atoms with Crippen molar-refractivity contribution >= 4 is 11.9 Å². The summed E-state index contributed by atoms with van der Waals surface area (Å²) >= 11 is 0. The van der Waals surface area contributed by atoms with E-state index in [9.17, 15) is 4.79 Å². The maximum atomic E-state index is 12.4. The lowest BCUT2D eigenvalue weighted by Crippen LogP contribution is -2.39. The van der Waals surface area contributed by atoms with E-state index >= 15 is 0 Å². The van der Waals surface area contributed by atoms with Crippen molar-refractivity contribution in [3.63, 3.8) is 0 Å². The molecule has 1 aromatic rings. The van der Waals surface area contributed by atoms with E-state index in [0.717, 1.165) is 56.3 Å². The van der Waals surface area contributed by atoms with Crippen molar-refractivity contribution in [1.29, 1.82) is 0 Å². The van der Waals surface area contributed by atoms with Gasteiger partial charge >= 0.3 is 0 Å². The molecule has 1 fully saturated rings. The number of ether oxygens (including phenoxy) is 2. The number of amides is 1. The van der Waals surface area contributed by atoms with Gasteiger partial charge in [-0.05, 0) is 38.0 Å². The smallest absolute Gasteiger partial charge is 0.253 e. The molecule has 1 heterocycles. The molecule has 0 bridgehead atoms. The van der Waals surface area contributed by atoms with Crippen molar-refractivity contribution in [2.75, 3.05) is 60.2 Å². The second-order valence-corrected chi connectivity index (χ2v) is 7.24. The molecule has 2 rings (SSSR count). The highest BCUT2D eigenvalue weighted by Gasteiger charge is 2.24. The number of aliphatic imine (C=N–C) groups is 1. The van der Waals surface area contributed by atoms with Gasteiger partial charge in [0.05, 0.1) is 19.8 Å². The number of hydrogen-bond acceptors (Lipinski definition) is 4. The summed E-state index contributed by atoms with van der Waals surface area (Å²) in [4.78, 5) is 21.0. The number of hydrogen-bond donors (Lipinski definition) is 1. The predicted octanol–water partition coefficient (Wildman–Crippen LogP) is 2.23. The van der Waals surface area contributed by atoms with Crippen molar-refractivity contribution in [1.82, 2.24) is 15.1 Å². The van der Waals surface area contributed by atoms with Crippen molar-refractivity contribution < 1.29 is 14.3 Å². The van der Waals surface area contributed by atoms with E-state index in [4.69, 9.17) is 9.47 Å². The second kappa shape index (κ2) is 12.4. The van der Waals surface area contributed by atoms with E-state index in [1.54, 1.807) is 7.11 Å². The second-order valence-electron chi connectivity index (χ2n) is 7.24. The van der Waals surface area contributed by atoms with Crippen LogP contribution in [0, 0.1) is 5.92 Å². The standard InChI is InChI=1S/C22H36N4O3/c1-5-25(6-2)21(27)20-9-7-18(8-10-20)15-24-22(23-3)26-12-11-19(16-26)17-29-14-13-28-4/h7-10,19H,5-6,11-17H2,1-4H3,(H,23,24). The fraction of sp³-hybridized carbons (Fsp3) is 0.636. The number of likely N-dealkylation sites (tertiary alicyclic amines) is 1. The average Bonchev–Trinajstić information content (AvgIpc) is 3.21. The van der Waals surface area contributed by atoms with Gasteiger partial charge in [-0.15, -0.1) is 0 Å². The molecule has 162 valence electrons. The third-order valence-corrected chi connectivity index (χ3v) is 5.28. The minimum Gasteiger partial charge on any atom is -0.382 e. The zero-order chi connectivity index (χ0) is 21.1. The molecule has 1 aromatic carbocycles. The molecule has 7 heteroatoms. The van der Waals surface area contributed by atoms with Gasteiger partial charge in [0.2, 0.25) is 0 Å². The van der Waals surface area contributed by atoms with Gasteiger partial charge in [-0.3, -0.25) is 9.79 Å². The lowest BCUT2D eigenvalue weighted by Gasteiger charge is -2.22. The zero-order valence-corrected chi connectivity index (χ0v) is 18.3. The summed E-state index contributed by atoms with van der Waals surface area (Å²) < 4.78 is 10.7. The average molecular weight is 405 g/mol. The fourth-order valence-electron chi connectivity index (χ4n) is 3.53. The summed E-state index contributed by atoms with van der Waals surface area (Å²) in [5.41, 5.74) is 1.86. The lowest BCUT2D eigenvalue weighted by atomic mass is 10.1. The van der Waals surface area contributed by atoms with Crippen LogP contribution >= 0.6 is 0 Å². The van der Waals surface area contributed by atoms with E-state index in [1.165, 1.54) is 0 Å². The molecule has 0 radical (unpaired) electrons. The van der Waals surface area contributed by atoms with Gasteiger partial charge in [0.1, 0.15) is 0 Å². The first-order chi connectivity index (χ1) is 14.1. The van der Waals surface area contributed by atoms with Gasteiger partial charge in [0.25, 0.3) is 5.91 Å². The maximum Gasteiger partial charge on any atom is 0.253 e. The van der Waals surface area contributed by atoms with Crippen LogP contribution in [0.25, 0.3) is 0 Å². The molecule has 0 saturated carbocycles. The van der Waals surface area contributed by atoms with Crippen LogP contribution in [0.1, 0.15) is 36.2 Å². The Labute approximate surface area is 175 Å². The maximum absolute atomic E-state index is 12.4. The van der Waals surface area contributed by atoms with Gasteiger partial charge < -0.3 is 24.6 Å². The molecule has 1 aliphatic rings. The number of nitrogens with one attached hydrogen (secondary N) is 1. The highest BCUT2D eigenvalue weighted by Crippen LogP contribution is 2.17. The number of carbonyl (C=O) groups is 1. The SMILES string of the molecule is CCN(CC)C(=O)c1ccc(CNC(=NC)N2CCC(COCCOC)C2)cc1. The Bertz CT molecular complexity index is 644. The predicted molar refractivity (Wildman–Crippen MR) is 116 cm³/mol. The van der Waals surface area contributed by atoms with Gasteiger partial charge in [0.15, 0.2) is 5.96 Å². The zero-order valence-electron chi connectivity index (χ0n) is 18.3. The quantitative estimate of drug-likeness (QED) is 0.368. The topological polar surface area (TPSA) is 66.4 Å². The van der Waals surface area contributed by atoms with Gasteiger partial charge in [-0.25, -0.2) is 0 Å². The van der Waals surface area contributed by atoms with E-state index in [1.807, 2.05) is 50.1 Å². The van der Waals surface area contributed by atoms with Crippen LogP contribution < -0.4 is 5.32 Å². The molecular weight excluding hydrogens is 368 g/mol. The Morgan fingerprint density at radius 3 is 2.59 bits per heavy atom. The summed E-state index contributed by atoms with van der Waals surface area (Å²) in [6.07, 6.45) is 1.11. The van der Waals surface area contributed by atoms with Crippen LogP contribution in [0.2, 0.25) is 0 Å². The summed E-state index contributed by atoms with van der Waals surface area (Å²) in [5, 5.41) is 3.44. The Morgan fingerprint density at radius 1 is 1.24 bits per heavy atom. The number of guanidine groups is 1. The Balaban J connectivity index is 1.81.